The van der Waals surface area contributed by atoms with Gasteiger partial charge in [-0.2, -0.15) is 0 Å². The zero-order valence-corrected chi connectivity index (χ0v) is 9.27. The zero-order valence-electron chi connectivity index (χ0n) is 9.27. The largest absolute Gasteiger partial charge is 0.369 e. The van der Waals surface area contributed by atoms with Crippen LogP contribution in [-0.4, -0.2) is 11.8 Å². The number of carbonyl (C=O) groups excluding carboxylic acids is 2. The van der Waals surface area contributed by atoms with E-state index in [0.29, 0.717) is 6.42 Å². The summed E-state index contributed by atoms with van der Waals surface area (Å²) in [4.78, 5) is 22.8. The fourth-order valence-corrected chi connectivity index (χ4v) is 1.71. The van der Waals surface area contributed by atoms with Crippen LogP contribution < -0.4 is 11.5 Å². The normalized spacial score (nSPS) is 11.1. The molecule has 0 saturated heterocycles. The molecule has 4 heteroatoms. The maximum absolute atomic E-state index is 11.4. The highest BCUT2D eigenvalue weighted by atomic mass is 16.2. The summed E-state index contributed by atoms with van der Waals surface area (Å²) < 4.78 is 0. The lowest BCUT2D eigenvalue weighted by molar-refractivity contribution is -0.140. The Morgan fingerprint density at radius 3 is 2.00 bits per heavy atom. The Balaban J connectivity index is 3.04. The molecule has 2 amide bonds. The van der Waals surface area contributed by atoms with Crippen molar-refractivity contribution in [2.75, 3.05) is 0 Å². The van der Waals surface area contributed by atoms with Gasteiger partial charge in [0.05, 0.1) is 0 Å². The van der Waals surface area contributed by atoms with E-state index in [1.807, 2.05) is 30.3 Å². The molecule has 1 rings (SSSR count). The molecule has 16 heavy (non-hydrogen) atoms. The molecule has 0 aliphatic heterocycles. The minimum Gasteiger partial charge on any atom is -0.369 e. The molecule has 0 atom stereocenters. The molecule has 0 unspecified atom stereocenters. The van der Waals surface area contributed by atoms with Crippen LogP contribution in [0.3, 0.4) is 0 Å². The molecule has 0 bridgehead atoms. The van der Waals surface area contributed by atoms with Gasteiger partial charge in [-0.1, -0.05) is 37.3 Å². The van der Waals surface area contributed by atoms with Gasteiger partial charge in [0.2, 0.25) is 11.8 Å². The lowest BCUT2D eigenvalue weighted by atomic mass is 9.78. The van der Waals surface area contributed by atoms with E-state index in [1.165, 1.54) is 0 Å². The molecule has 0 radical (unpaired) electrons. The molecule has 4 N–H and O–H groups in total. The third-order valence-corrected chi connectivity index (χ3v) is 2.90. The second-order valence-electron chi connectivity index (χ2n) is 3.83. The first-order valence-electron chi connectivity index (χ1n) is 5.16. The van der Waals surface area contributed by atoms with Gasteiger partial charge >= 0.3 is 0 Å². The van der Waals surface area contributed by atoms with Crippen LogP contribution in [-0.2, 0) is 16.0 Å². The fraction of sp³-hybridized carbons (Fsp3) is 0.333. The van der Waals surface area contributed by atoms with E-state index in [-0.39, 0.29) is 6.42 Å². The predicted molar refractivity (Wildman–Crippen MR) is 61.3 cm³/mol. The van der Waals surface area contributed by atoms with Gasteiger partial charge in [0.15, 0.2) is 0 Å². The van der Waals surface area contributed by atoms with Gasteiger partial charge in [-0.25, -0.2) is 0 Å². The first-order valence-corrected chi connectivity index (χ1v) is 5.16. The maximum atomic E-state index is 11.4. The van der Waals surface area contributed by atoms with Crippen LogP contribution in [0.1, 0.15) is 18.9 Å². The van der Waals surface area contributed by atoms with Crippen molar-refractivity contribution in [2.45, 2.75) is 19.8 Å². The van der Waals surface area contributed by atoms with Crippen LogP contribution in [0.4, 0.5) is 0 Å². The summed E-state index contributed by atoms with van der Waals surface area (Å²) in [5, 5.41) is 0. The van der Waals surface area contributed by atoms with E-state index in [9.17, 15) is 9.59 Å². The maximum Gasteiger partial charge on any atom is 0.233 e. The third kappa shape index (κ3) is 2.21. The third-order valence-electron chi connectivity index (χ3n) is 2.90. The van der Waals surface area contributed by atoms with Crippen molar-refractivity contribution in [2.24, 2.45) is 16.9 Å². The van der Waals surface area contributed by atoms with E-state index < -0.39 is 17.2 Å². The molecule has 1 aromatic rings. The first kappa shape index (κ1) is 12.2. The molecule has 0 heterocycles. The van der Waals surface area contributed by atoms with Gasteiger partial charge < -0.3 is 11.5 Å². The van der Waals surface area contributed by atoms with E-state index in [0.717, 1.165) is 5.56 Å². The molecule has 4 nitrogen and oxygen atoms in total. The molecule has 0 fully saturated rings. The SMILES string of the molecule is CCC(Cc1ccccc1)(C(N)=O)C(N)=O. The minimum atomic E-state index is -1.28. The standard InChI is InChI=1S/C12H16N2O2/c1-2-12(10(13)15,11(14)16)8-9-6-4-3-5-7-9/h3-7H,2,8H2,1H3,(H2,13,15)(H2,14,16). The van der Waals surface area contributed by atoms with Gasteiger partial charge in [0, 0.05) is 0 Å². The van der Waals surface area contributed by atoms with Gasteiger partial charge in [-0.05, 0) is 18.4 Å². The van der Waals surface area contributed by atoms with Crippen LogP contribution in [0.25, 0.3) is 0 Å². The first-order chi connectivity index (χ1) is 7.53. The second-order valence-corrected chi connectivity index (χ2v) is 3.83. The highest BCUT2D eigenvalue weighted by molar-refractivity contribution is 6.03. The van der Waals surface area contributed by atoms with Crippen molar-refractivity contribution < 1.29 is 9.59 Å². The Kier molecular flexibility index (Phi) is 3.66. The number of benzene rings is 1. The summed E-state index contributed by atoms with van der Waals surface area (Å²) in [5.41, 5.74) is 10.2. The Bertz CT molecular complexity index is 373. The predicted octanol–water partition coefficient (Wildman–Crippen LogP) is 0.596. The molecule has 1 aromatic carbocycles. The summed E-state index contributed by atoms with van der Waals surface area (Å²) >= 11 is 0. The highest BCUT2D eigenvalue weighted by Crippen LogP contribution is 2.26. The van der Waals surface area contributed by atoms with Crippen molar-refractivity contribution in [3.63, 3.8) is 0 Å². The molecule has 0 aliphatic carbocycles. The van der Waals surface area contributed by atoms with E-state index in [1.54, 1.807) is 6.92 Å². The average Bonchev–Trinajstić information content (AvgIpc) is 2.26. The van der Waals surface area contributed by atoms with E-state index >= 15 is 0 Å². The average molecular weight is 220 g/mol. The molecular weight excluding hydrogens is 204 g/mol. The molecule has 0 saturated carbocycles. The number of nitrogens with two attached hydrogens (primary N) is 2. The van der Waals surface area contributed by atoms with Crippen LogP contribution in [0, 0.1) is 5.41 Å². The minimum absolute atomic E-state index is 0.259. The van der Waals surface area contributed by atoms with Gasteiger partial charge in [-0.3, -0.25) is 9.59 Å². The number of carbonyl (C=O) groups is 2. The van der Waals surface area contributed by atoms with Crippen molar-refractivity contribution in [3.05, 3.63) is 35.9 Å². The topological polar surface area (TPSA) is 86.2 Å². The number of rotatable bonds is 5. The van der Waals surface area contributed by atoms with Crippen LogP contribution >= 0.6 is 0 Å². The van der Waals surface area contributed by atoms with Gasteiger partial charge in [0.1, 0.15) is 5.41 Å². The number of amides is 2. The quantitative estimate of drug-likeness (QED) is 0.712. The van der Waals surface area contributed by atoms with Crippen molar-refractivity contribution in [1.82, 2.24) is 0 Å². The number of hydrogen-bond donors (Lipinski definition) is 2. The lowest BCUT2D eigenvalue weighted by Gasteiger charge is -2.25. The summed E-state index contributed by atoms with van der Waals surface area (Å²) in [6, 6.07) is 9.24. The molecule has 86 valence electrons. The highest BCUT2D eigenvalue weighted by Gasteiger charge is 2.41. The van der Waals surface area contributed by atoms with Crippen LogP contribution in [0.5, 0.6) is 0 Å². The van der Waals surface area contributed by atoms with Crippen molar-refractivity contribution in [3.8, 4) is 0 Å². The monoisotopic (exact) mass is 220 g/mol. The number of primary amides is 2. The Morgan fingerprint density at radius 2 is 1.62 bits per heavy atom. The van der Waals surface area contributed by atoms with E-state index in [4.69, 9.17) is 11.5 Å². The molecular formula is C12H16N2O2. The second kappa shape index (κ2) is 4.79. The van der Waals surface area contributed by atoms with Crippen molar-refractivity contribution in [1.29, 1.82) is 0 Å². The Morgan fingerprint density at radius 1 is 1.12 bits per heavy atom. The van der Waals surface area contributed by atoms with Gasteiger partial charge in [-0.15, -0.1) is 0 Å². The fourth-order valence-electron chi connectivity index (χ4n) is 1.71. The van der Waals surface area contributed by atoms with Gasteiger partial charge in [0.25, 0.3) is 0 Å². The summed E-state index contributed by atoms with van der Waals surface area (Å²) in [6.45, 7) is 1.73. The molecule has 0 spiro atoms. The Labute approximate surface area is 94.6 Å². The summed E-state index contributed by atoms with van der Waals surface area (Å²) in [7, 11) is 0. The molecule has 0 aromatic heterocycles. The number of hydrogen-bond acceptors (Lipinski definition) is 2. The van der Waals surface area contributed by atoms with Crippen molar-refractivity contribution >= 4 is 11.8 Å². The zero-order chi connectivity index (χ0) is 12.2. The van der Waals surface area contributed by atoms with E-state index in [2.05, 4.69) is 0 Å². The summed E-state index contributed by atoms with van der Waals surface area (Å²) in [5.74, 6) is -1.32. The smallest absolute Gasteiger partial charge is 0.233 e. The lowest BCUT2D eigenvalue weighted by Crippen LogP contribution is -2.48. The summed E-state index contributed by atoms with van der Waals surface area (Å²) in [6.07, 6.45) is 0.571. The van der Waals surface area contributed by atoms with Crippen LogP contribution in [0.15, 0.2) is 30.3 Å². The molecule has 0 aliphatic rings. The Hall–Kier alpha value is -1.84. The van der Waals surface area contributed by atoms with Crippen LogP contribution in [0.2, 0.25) is 0 Å².